The van der Waals surface area contributed by atoms with Crippen molar-refractivity contribution in [2.24, 2.45) is 4.99 Å². The molecule has 0 bridgehead atoms. The van der Waals surface area contributed by atoms with Gasteiger partial charge >= 0.3 is 0 Å². The molecule has 1 aromatic rings. The molecule has 1 heterocycles. The average Bonchev–Trinajstić information content (AvgIpc) is 2.61. The van der Waals surface area contributed by atoms with Crippen LogP contribution in [0.4, 0.5) is 0 Å². The number of amides is 1. The number of aliphatic imine (C=N–C) groups is 1. The number of nitrogens with zero attached hydrogens (tertiary/aromatic N) is 3. The van der Waals surface area contributed by atoms with Gasteiger partial charge in [-0.3, -0.25) is 4.79 Å². The predicted molar refractivity (Wildman–Crippen MR) is 99.3 cm³/mol. The number of likely N-dealkylation sites (tertiary alicyclic amines) is 1. The minimum absolute atomic E-state index is 0.116. The summed E-state index contributed by atoms with van der Waals surface area (Å²) in [6.07, 6.45) is 3.43. The maximum atomic E-state index is 12.3. The van der Waals surface area contributed by atoms with E-state index in [9.17, 15) is 4.79 Å². The lowest BCUT2D eigenvalue weighted by atomic mass is 10.1. The highest BCUT2D eigenvalue weighted by atomic mass is 35.5. The lowest BCUT2D eigenvalue weighted by Gasteiger charge is -2.27. The largest absolute Gasteiger partial charge is 0.357 e. The molecule has 5 nitrogen and oxygen atoms in total. The summed E-state index contributed by atoms with van der Waals surface area (Å²) in [6, 6.07) is 7.77. The quantitative estimate of drug-likeness (QED) is 0.656. The number of halogens is 1. The SMILES string of the molecule is CCNC(=NCC(=O)N1CCCCC1)N(C)Cc1ccc(Cl)cc1. The van der Waals surface area contributed by atoms with Crippen molar-refractivity contribution in [1.29, 1.82) is 0 Å². The maximum Gasteiger partial charge on any atom is 0.244 e. The Bertz CT molecular complexity index is 553. The molecule has 6 heteroatoms. The van der Waals surface area contributed by atoms with Gasteiger partial charge in [-0.15, -0.1) is 0 Å². The fourth-order valence-electron chi connectivity index (χ4n) is 2.79. The van der Waals surface area contributed by atoms with Gasteiger partial charge in [0.2, 0.25) is 5.91 Å². The van der Waals surface area contributed by atoms with Crippen LogP contribution in [-0.4, -0.2) is 54.9 Å². The van der Waals surface area contributed by atoms with Crippen LogP contribution in [0.3, 0.4) is 0 Å². The first kappa shape index (κ1) is 18.6. The molecule has 0 aliphatic carbocycles. The molecule has 132 valence electrons. The molecule has 0 saturated carbocycles. The molecule has 0 spiro atoms. The second kappa shape index (κ2) is 9.52. The number of carbonyl (C=O) groups excluding carboxylic acids is 1. The zero-order valence-electron chi connectivity index (χ0n) is 14.6. The molecule has 1 saturated heterocycles. The van der Waals surface area contributed by atoms with E-state index in [-0.39, 0.29) is 12.5 Å². The number of hydrogen-bond donors (Lipinski definition) is 1. The van der Waals surface area contributed by atoms with E-state index in [0.717, 1.165) is 49.0 Å². The van der Waals surface area contributed by atoms with Crippen LogP contribution in [0.15, 0.2) is 29.3 Å². The Morgan fingerprint density at radius 3 is 2.54 bits per heavy atom. The van der Waals surface area contributed by atoms with Crippen molar-refractivity contribution in [3.05, 3.63) is 34.9 Å². The fourth-order valence-corrected chi connectivity index (χ4v) is 2.92. The second-order valence-electron chi connectivity index (χ2n) is 6.09. The highest BCUT2D eigenvalue weighted by Crippen LogP contribution is 2.11. The number of piperidine rings is 1. The van der Waals surface area contributed by atoms with Gasteiger partial charge < -0.3 is 15.1 Å². The molecule has 1 aliphatic heterocycles. The van der Waals surface area contributed by atoms with E-state index in [1.165, 1.54) is 6.42 Å². The molecule has 0 atom stereocenters. The lowest BCUT2D eigenvalue weighted by molar-refractivity contribution is -0.130. The van der Waals surface area contributed by atoms with Crippen LogP contribution in [-0.2, 0) is 11.3 Å². The third-order valence-electron chi connectivity index (χ3n) is 4.10. The van der Waals surface area contributed by atoms with E-state index in [1.807, 2.05) is 48.0 Å². The van der Waals surface area contributed by atoms with Gasteiger partial charge in [-0.25, -0.2) is 4.99 Å². The molecule has 0 radical (unpaired) electrons. The number of rotatable bonds is 5. The molecule has 1 N–H and O–H groups in total. The van der Waals surface area contributed by atoms with Gasteiger partial charge in [-0.1, -0.05) is 23.7 Å². The highest BCUT2D eigenvalue weighted by Gasteiger charge is 2.16. The second-order valence-corrected chi connectivity index (χ2v) is 6.53. The number of guanidine groups is 1. The van der Waals surface area contributed by atoms with Crippen LogP contribution in [0.2, 0.25) is 5.02 Å². The molecule has 1 aliphatic rings. The summed E-state index contributed by atoms with van der Waals surface area (Å²) < 4.78 is 0. The van der Waals surface area contributed by atoms with Gasteiger partial charge in [0.05, 0.1) is 0 Å². The van der Waals surface area contributed by atoms with Crippen molar-refractivity contribution in [2.75, 3.05) is 33.2 Å². The number of nitrogens with one attached hydrogen (secondary N) is 1. The molecule has 0 aromatic heterocycles. The Morgan fingerprint density at radius 1 is 1.25 bits per heavy atom. The molecule has 1 amide bonds. The van der Waals surface area contributed by atoms with Crippen molar-refractivity contribution in [3.8, 4) is 0 Å². The van der Waals surface area contributed by atoms with E-state index in [0.29, 0.717) is 6.54 Å². The van der Waals surface area contributed by atoms with E-state index >= 15 is 0 Å². The fraction of sp³-hybridized carbons (Fsp3) is 0.556. The Labute approximate surface area is 149 Å². The summed E-state index contributed by atoms with van der Waals surface area (Å²) in [7, 11) is 1.97. The molecular formula is C18H27ClN4O. The summed E-state index contributed by atoms with van der Waals surface area (Å²) >= 11 is 5.93. The van der Waals surface area contributed by atoms with Crippen LogP contribution in [0.5, 0.6) is 0 Å². The summed E-state index contributed by atoms with van der Waals surface area (Å²) in [5.41, 5.74) is 1.15. The Balaban J connectivity index is 1.95. The molecule has 0 unspecified atom stereocenters. The van der Waals surface area contributed by atoms with Crippen LogP contribution in [0.1, 0.15) is 31.7 Å². The van der Waals surface area contributed by atoms with Crippen molar-refractivity contribution in [2.45, 2.75) is 32.7 Å². The van der Waals surface area contributed by atoms with Crippen molar-refractivity contribution >= 4 is 23.5 Å². The lowest BCUT2D eigenvalue weighted by Crippen LogP contribution is -2.41. The zero-order chi connectivity index (χ0) is 17.4. The molecule has 1 fully saturated rings. The Morgan fingerprint density at radius 2 is 1.92 bits per heavy atom. The summed E-state index contributed by atoms with van der Waals surface area (Å²) in [5, 5.41) is 3.98. The summed E-state index contributed by atoms with van der Waals surface area (Å²) in [5.74, 6) is 0.864. The predicted octanol–water partition coefficient (Wildman–Crippen LogP) is 2.75. The van der Waals surface area contributed by atoms with Crippen molar-refractivity contribution in [3.63, 3.8) is 0 Å². The van der Waals surface area contributed by atoms with E-state index in [4.69, 9.17) is 11.6 Å². The molecular weight excluding hydrogens is 324 g/mol. The van der Waals surface area contributed by atoms with Crippen LogP contribution >= 0.6 is 11.6 Å². The van der Waals surface area contributed by atoms with Gasteiger partial charge in [0.1, 0.15) is 6.54 Å². The van der Waals surface area contributed by atoms with Crippen molar-refractivity contribution < 1.29 is 4.79 Å². The first-order valence-corrected chi connectivity index (χ1v) is 8.99. The number of carbonyl (C=O) groups is 1. The minimum atomic E-state index is 0.116. The van der Waals surface area contributed by atoms with Crippen LogP contribution < -0.4 is 5.32 Å². The summed E-state index contributed by atoms with van der Waals surface area (Å²) in [6.45, 7) is 5.44. The topological polar surface area (TPSA) is 47.9 Å². The maximum absolute atomic E-state index is 12.3. The minimum Gasteiger partial charge on any atom is -0.357 e. The van der Waals surface area contributed by atoms with Gasteiger partial charge in [0, 0.05) is 38.2 Å². The zero-order valence-corrected chi connectivity index (χ0v) is 15.4. The van der Waals surface area contributed by atoms with Crippen molar-refractivity contribution in [1.82, 2.24) is 15.1 Å². The number of benzene rings is 1. The van der Waals surface area contributed by atoms with Gasteiger partial charge in [0.25, 0.3) is 0 Å². The van der Waals surface area contributed by atoms with Gasteiger partial charge in [-0.2, -0.15) is 0 Å². The third-order valence-corrected chi connectivity index (χ3v) is 4.35. The third kappa shape index (κ3) is 5.71. The Hall–Kier alpha value is -1.75. The smallest absolute Gasteiger partial charge is 0.244 e. The first-order valence-electron chi connectivity index (χ1n) is 8.62. The molecule has 24 heavy (non-hydrogen) atoms. The monoisotopic (exact) mass is 350 g/mol. The number of hydrogen-bond acceptors (Lipinski definition) is 2. The normalized spacial score (nSPS) is 15.3. The molecule has 2 rings (SSSR count). The van der Waals surface area contributed by atoms with E-state index < -0.39 is 0 Å². The van der Waals surface area contributed by atoms with Gasteiger partial charge in [-0.05, 0) is 43.9 Å². The average molecular weight is 351 g/mol. The standard InChI is InChI=1S/C18H27ClN4O/c1-3-20-18(21-13-17(24)23-11-5-4-6-12-23)22(2)14-15-7-9-16(19)10-8-15/h7-10H,3-6,11-14H2,1-2H3,(H,20,21). The summed E-state index contributed by atoms with van der Waals surface area (Å²) in [4.78, 5) is 20.7. The highest BCUT2D eigenvalue weighted by molar-refractivity contribution is 6.30. The van der Waals surface area contributed by atoms with Crippen LogP contribution in [0.25, 0.3) is 0 Å². The van der Waals surface area contributed by atoms with E-state index in [1.54, 1.807) is 0 Å². The first-order chi connectivity index (χ1) is 11.6. The van der Waals surface area contributed by atoms with E-state index in [2.05, 4.69) is 10.3 Å². The molecule has 1 aromatic carbocycles. The Kier molecular flexibility index (Phi) is 7.37. The van der Waals surface area contributed by atoms with Crippen LogP contribution in [0, 0.1) is 0 Å². The van der Waals surface area contributed by atoms with Gasteiger partial charge in [0.15, 0.2) is 5.96 Å².